The fraction of sp³-hybridized carbons (Fsp3) is 0.720. The average molecular weight is 388 g/mol. The molecule has 1 unspecified atom stereocenters. The van der Waals surface area contributed by atoms with Crippen LogP contribution < -0.4 is 4.74 Å². The minimum absolute atomic E-state index is 0.0927. The minimum Gasteiger partial charge on any atom is -0.493 e. The van der Waals surface area contributed by atoms with Crippen LogP contribution in [0, 0.1) is 0 Å². The van der Waals surface area contributed by atoms with E-state index in [2.05, 4.69) is 19.9 Å². The molecular formula is C25H41NO2. The summed E-state index contributed by atoms with van der Waals surface area (Å²) in [7, 11) is 1.95. The van der Waals surface area contributed by atoms with Gasteiger partial charge in [0.2, 0.25) is 5.91 Å². The Morgan fingerprint density at radius 2 is 1.61 bits per heavy atom. The summed E-state index contributed by atoms with van der Waals surface area (Å²) in [5.74, 6) is 1.04. The van der Waals surface area contributed by atoms with E-state index in [1.165, 1.54) is 51.4 Å². The number of ether oxygens (including phenoxy) is 1. The highest BCUT2D eigenvalue weighted by molar-refractivity contribution is 5.84. The topological polar surface area (TPSA) is 29.5 Å². The summed E-state index contributed by atoms with van der Waals surface area (Å²) in [4.78, 5) is 14.9. The fourth-order valence-electron chi connectivity index (χ4n) is 3.91. The zero-order valence-electron chi connectivity index (χ0n) is 18.4. The molecule has 1 aromatic carbocycles. The lowest BCUT2D eigenvalue weighted by Crippen LogP contribution is -2.33. The van der Waals surface area contributed by atoms with Crippen LogP contribution in [0.5, 0.6) is 5.75 Å². The van der Waals surface area contributed by atoms with Gasteiger partial charge in [0.1, 0.15) is 5.75 Å². The average Bonchev–Trinajstić information content (AvgIpc) is 3.55. The van der Waals surface area contributed by atoms with Crippen LogP contribution >= 0.6 is 0 Å². The molecule has 0 bridgehead atoms. The third-order valence-electron chi connectivity index (χ3n) is 5.95. The van der Waals surface area contributed by atoms with E-state index in [-0.39, 0.29) is 11.8 Å². The van der Waals surface area contributed by atoms with Gasteiger partial charge < -0.3 is 9.64 Å². The van der Waals surface area contributed by atoms with Gasteiger partial charge >= 0.3 is 0 Å². The molecule has 1 aromatic rings. The molecule has 3 heteroatoms. The first-order valence-corrected chi connectivity index (χ1v) is 11.7. The highest BCUT2D eigenvalue weighted by atomic mass is 16.5. The van der Waals surface area contributed by atoms with Gasteiger partial charge in [-0.1, -0.05) is 83.4 Å². The molecule has 1 amide bonds. The second-order valence-electron chi connectivity index (χ2n) is 8.36. The van der Waals surface area contributed by atoms with Gasteiger partial charge in [-0.25, -0.2) is 0 Å². The molecule has 1 atom stereocenters. The van der Waals surface area contributed by atoms with E-state index in [0.29, 0.717) is 6.04 Å². The Labute approximate surface area is 172 Å². The number of amides is 1. The molecule has 0 aromatic heterocycles. The summed E-state index contributed by atoms with van der Waals surface area (Å²) in [5, 5.41) is 0. The van der Waals surface area contributed by atoms with Crippen molar-refractivity contribution in [3.05, 3.63) is 29.8 Å². The maximum Gasteiger partial charge on any atom is 0.230 e. The first-order chi connectivity index (χ1) is 13.7. The molecule has 0 N–H and O–H groups in total. The Morgan fingerprint density at radius 1 is 1.00 bits per heavy atom. The predicted octanol–water partition coefficient (Wildman–Crippen LogP) is 6.71. The number of benzene rings is 1. The Bertz CT molecular complexity index is 567. The van der Waals surface area contributed by atoms with E-state index in [4.69, 9.17) is 4.74 Å². The maximum absolute atomic E-state index is 12.9. The Kier molecular flexibility index (Phi) is 10.5. The molecule has 158 valence electrons. The monoisotopic (exact) mass is 387 g/mol. The third-order valence-corrected chi connectivity index (χ3v) is 5.95. The van der Waals surface area contributed by atoms with Crippen LogP contribution in [0.2, 0.25) is 0 Å². The lowest BCUT2D eigenvalue weighted by atomic mass is 9.94. The molecule has 0 heterocycles. The molecule has 0 spiro atoms. The molecule has 1 fully saturated rings. The molecular weight excluding hydrogens is 346 g/mol. The van der Waals surface area contributed by atoms with E-state index < -0.39 is 0 Å². The number of nitrogens with zero attached hydrogens (tertiary/aromatic N) is 1. The van der Waals surface area contributed by atoms with Crippen molar-refractivity contribution >= 4 is 5.91 Å². The molecule has 1 aliphatic carbocycles. The quantitative estimate of drug-likeness (QED) is 0.313. The van der Waals surface area contributed by atoms with Gasteiger partial charge in [-0.05, 0) is 31.7 Å². The number of carbonyl (C=O) groups excluding carboxylic acids is 1. The van der Waals surface area contributed by atoms with Crippen molar-refractivity contribution in [2.75, 3.05) is 13.7 Å². The summed E-state index contributed by atoms with van der Waals surface area (Å²) >= 11 is 0. The first kappa shape index (κ1) is 22.8. The molecule has 1 aliphatic rings. The van der Waals surface area contributed by atoms with Crippen LogP contribution in [0.3, 0.4) is 0 Å². The van der Waals surface area contributed by atoms with Crippen LogP contribution in [0.15, 0.2) is 24.3 Å². The minimum atomic E-state index is -0.0927. The Morgan fingerprint density at radius 3 is 2.21 bits per heavy atom. The van der Waals surface area contributed by atoms with Crippen LogP contribution in [0.1, 0.15) is 102 Å². The summed E-state index contributed by atoms with van der Waals surface area (Å²) in [5.41, 5.74) is 1.05. The number of para-hydroxylation sites is 1. The van der Waals surface area contributed by atoms with Crippen molar-refractivity contribution < 1.29 is 9.53 Å². The van der Waals surface area contributed by atoms with Crippen LogP contribution in [-0.2, 0) is 4.79 Å². The van der Waals surface area contributed by atoms with E-state index in [9.17, 15) is 4.79 Å². The van der Waals surface area contributed by atoms with Crippen molar-refractivity contribution in [2.45, 2.75) is 103 Å². The van der Waals surface area contributed by atoms with Gasteiger partial charge in [-0.2, -0.15) is 0 Å². The summed E-state index contributed by atoms with van der Waals surface area (Å²) in [6.07, 6.45) is 14.9. The largest absolute Gasteiger partial charge is 0.493 e. The van der Waals surface area contributed by atoms with Crippen LogP contribution in [0.4, 0.5) is 0 Å². The van der Waals surface area contributed by atoms with Gasteiger partial charge in [0.05, 0.1) is 12.5 Å². The number of unbranched alkanes of at least 4 members (excludes halogenated alkanes) is 8. The van der Waals surface area contributed by atoms with Crippen molar-refractivity contribution in [1.29, 1.82) is 0 Å². The van der Waals surface area contributed by atoms with Crippen LogP contribution in [0.25, 0.3) is 0 Å². The second-order valence-corrected chi connectivity index (χ2v) is 8.36. The number of hydrogen-bond acceptors (Lipinski definition) is 2. The molecule has 28 heavy (non-hydrogen) atoms. The normalized spacial score (nSPS) is 14.7. The van der Waals surface area contributed by atoms with E-state index in [1.54, 1.807) is 0 Å². The van der Waals surface area contributed by atoms with E-state index >= 15 is 0 Å². The fourth-order valence-corrected chi connectivity index (χ4v) is 3.91. The number of rotatable bonds is 15. The van der Waals surface area contributed by atoms with Gasteiger partial charge in [0.15, 0.2) is 0 Å². The maximum atomic E-state index is 12.9. The van der Waals surface area contributed by atoms with Crippen molar-refractivity contribution in [1.82, 2.24) is 4.90 Å². The van der Waals surface area contributed by atoms with Gasteiger partial charge in [0.25, 0.3) is 0 Å². The first-order valence-electron chi connectivity index (χ1n) is 11.7. The lowest BCUT2D eigenvalue weighted by Gasteiger charge is -2.24. The molecule has 2 rings (SSSR count). The zero-order chi connectivity index (χ0) is 20.2. The molecule has 0 saturated heterocycles. The van der Waals surface area contributed by atoms with E-state index in [0.717, 1.165) is 43.6 Å². The summed E-state index contributed by atoms with van der Waals surface area (Å²) in [6.45, 7) is 5.11. The van der Waals surface area contributed by atoms with Crippen molar-refractivity contribution in [3.63, 3.8) is 0 Å². The number of carbonyl (C=O) groups is 1. The standard InChI is InChI=1S/C25H41NO2/c1-4-6-7-8-9-10-11-12-15-20-28-24-17-14-13-16-23(24)22(5-2)25(27)26(3)21-18-19-21/h13-14,16-17,21-22H,4-12,15,18-20H2,1-3H3. The highest BCUT2D eigenvalue weighted by Crippen LogP contribution is 2.34. The SMILES string of the molecule is CCCCCCCCCCCOc1ccccc1C(CC)C(=O)N(C)C1CC1. The number of likely N-dealkylation sites (N-methyl/N-ethyl adjacent to an activating group) is 1. The Hall–Kier alpha value is -1.51. The van der Waals surface area contributed by atoms with Gasteiger partial charge in [0, 0.05) is 18.7 Å². The van der Waals surface area contributed by atoms with Crippen LogP contribution in [-0.4, -0.2) is 30.5 Å². The molecule has 0 aliphatic heterocycles. The van der Waals surface area contributed by atoms with E-state index in [1.807, 2.05) is 30.1 Å². The van der Waals surface area contributed by atoms with Gasteiger partial charge in [-0.15, -0.1) is 0 Å². The lowest BCUT2D eigenvalue weighted by molar-refractivity contribution is -0.132. The molecule has 3 nitrogen and oxygen atoms in total. The van der Waals surface area contributed by atoms with Crippen molar-refractivity contribution in [2.24, 2.45) is 0 Å². The predicted molar refractivity (Wildman–Crippen MR) is 118 cm³/mol. The smallest absolute Gasteiger partial charge is 0.230 e. The van der Waals surface area contributed by atoms with Gasteiger partial charge in [-0.3, -0.25) is 4.79 Å². The third kappa shape index (κ3) is 7.48. The highest BCUT2D eigenvalue weighted by Gasteiger charge is 2.34. The summed E-state index contributed by atoms with van der Waals surface area (Å²) in [6, 6.07) is 8.58. The van der Waals surface area contributed by atoms with Crippen molar-refractivity contribution in [3.8, 4) is 5.75 Å². The molecule has 1 saturated carbocycles. The zero-order valence-corrected chi connectivity index (χ0v) is 18.4. The number of hydrogen-bond donors (Lipinski definition) is 0. The second kappa shape index (κ2) is 12.9. The summed E-state index contributed by atoms with van der Waals surface area (Å²) < 4.78 is 6.11. The Balaban J connectivity index is 1.74. The molecule has 0 radical (unpaired) electrons.